The van der Waals surface area contributed by atoms with Gasteiger partial charge in [-0.05, 0) is 49.2 Å². The van der Waals surface area contributed by atoms with Crippen LogP contribution in [0.1, 0.15) is 38.3 Å². The Bertz CT molecular complexity index is 1150. The van der Waals surface area contributed by atoms with Gasteiger partial charge in [-0.2, -0.15) is 0 Å². The van der Waals surface area contributed by atoms with Gasteiger partial charge in [0.2, 0.25) is 0 Å². The summed E-state index contributed by atoms with van der Waals surface area (Å²) in [5.41, 5.74) is 4.15. The van der Waals surface area contributed by atoms with Gasteiger partial charge in [-0.3, -0.25) is 9.59 Å². The van der Waals surface area contributed by atoms with Crippen molar-refractivity contribution in [3.05, 3.63) is 89.0 Å². The lowest BCUT2D eigenvalue weighted by molar-refractivity contribution is 0.0945. The van der Waals surface area contributed by atoms with E-state index in [9.17, 15) is 9.59 Å². The van der Waals surface area contributed by atoms with Crippen LogP contribution in [-0.2, 0) is 11.3 Å². The van der Waals surface area contributed by atoms with Crippen LogP contribution in [0.3, 0.4) is 0 Å². The van der Waals surface area contributed by atoms with E-state index in [4.69, 9.17) is 4.74 Å². The van der Waals surface area contributed by atoms with Crippen LogP contribution in [-0.4, -0.2) is 32.1 Å². The number of fused-ring (bicyclic) bond motifs is 2. The Hall–Kier alpha value is -3.09. The molecular formula is C26H26N2O3S. The first-order valence-corrected chi connectivity index (χ1v) is 11.4. The Kier molecular flexibility index (Phi) is 6.93. The number of amides is 2. The summed E-state index contributed by atoms with van der Waals surface area (Å²) in [6.07, 6.45) is 0.746. The maximum Gasteiger partial charge on any atom is 0.259 e. The second-order valence-electron chi connectivity index (χ2n) is 7.76. The molecule has 0 saturated heterocycles. The first kappa shape index (κ1) is 22.1. The summed E-state index contributed by atoms with van der Waals surface area (Å²) < 4.78 is 5.04. The molecule has 0 aromatic heterocycles. The summed E-state index contributed by atoms with van der Waals surface area (Å²) >= 11 is 1.56. The summed E-state index contributed by atoms with van der Waals surface area (Å²) in [4.78, 5) is 30.0. The topological polar surface area (TPSA) is 58.6 Å². The molecule has 164 valence electrons. The van der Waals surface area contributed by atoms with E-state index < -0.39 is 0 Å². The summed E-state index contributed by atoms with van der Waals surface area (Å²) in [7, 11) is 1.64. The molecule has 1 aliphatic rings. The Labute approximate surface area is 192 Å². The van der Waals surface area contributed by atoms with Crippen molar-refractivity contribution in [2.45, 2.75) is 29.7 Å². The number of benzene rings is 3. The van der Waals surface area contributed by atoms with Gasteiger partial charge in [0.25, 0.3) is 11.8 Å². The fourth-order valence-corrected chi connectivity index (χ4v) is 4.79. The molecule has 0 spiro atoms. The normalized spacial score (nSPS) is 12.7. The quantitative estimate of drug-likeness (QED) is 0.515. The van der Waals surface area contributed by atoms with Crippen molar-refractivity contribution >= 4 is 29.3 Å². The highest BCUT2D eigenvalue weighted by Crippen LogP contribution is 2.42. The van der Waals surface area contributed by atoms with Crippen molar-refractivity contribution < 1.29 is 14.3 Å². The largest absolute Gasteiger partial charge is 0.385 e. The van der Waals surface area contributed by atoms with Gasteiger partial charge in [0, 0.05) is 35.6 Å². The summed E-state index contributed by atoms with van der Waals surface area (Å²) in [5, 5.41) is 2.93. The van der Waals surface area contributed by atoms with Crippen molar-refractivity contribution in [3.8, 4) is 0 Å². The van der Waals surface area contributed by atoms with Gasteiger partial charge in [-0.25, -0.2) is 0 Å². The zero-order chi connectivity index (χ0) is 22.5. The van der Waals surface area contributed by atoms with Crippen LogP contribution < -0.4 is 10.2 Å². The minimum atomic E-state index is -0.154. The number of carbonyl (C=O) groups excluding carboxylic acids is 2. The standard InChI is InChI=1S/C26H26N2O3S/c1-18-7-5-8-19(15-18)17-28-22-16-20(25(29)27-13-6-14-31-2)11-12-24(22)32-23-10-4-3-9-21(23)26(28)30/h3-5,7-12,15-16H,6,13-14,17H2,1-2H3,(H,27,29). The van der Waals surface area contributed by atoms with Crippen LogP contribution in [0.2, 0.25) is 0 Å². The third-order valence-corrected chi connectivity index (χ3v) is 6.47. The maximum atomic E-state index is 13.6. The molecule has 1 N–H and O–H groups in total. The average Bonchev–Trinajstić information content (AvgIpc) is 2.91. The zero-order valence-electron chi connectivity index (χ0n) is 18.3. The molecule has 6 heteroatoms. The molecule has 1 heterocycles. The number of hydrogen-bond acceptors (Lipinski definition) is 4. The lowest BCUT2D eigenvalue weighted by Crippen LogP contribution is -2.31. The predicted octanol–water partition coefficient (Wildman–Crippen LogP) is 5.07. The first-order valence-electron chi connectivity index (χ1n) is 10.6. The summed E-state index contributed by atoms with van der Waals surface area (Å²) in [5.74, 6) is -0.218. The number of nitrogens with zero attached hydrogens (tertiary/aromatic N) is 1. The van der Waals surface area contributed by atoms with Crippen molar-refractivity contribution in [3.63, 3.8) is 0 Å². The molecule has 32 heavy (non-hydrogen) atoms. The van der Waals surface area contributed by atoms with Gasteiger partial charge in [0.1, 0.15) is 0 Å². The predicted molar refractivity (Wildman–Crippen MR) is 128 cm³/mol. The number of rotatable bonds is 7. The van der Waals surface area contributed by atoms with E-state index in [0.29, 0.717) is 30.8 Å². The van der Waals surface area contributed by atoms with Gasteiger partial charge in [0.15, 0.2) is 0 Å². The fraction of sp³-hybridized carbons (Fsp3) is 0.231. The fourth-order valence-electron chi connectivity index (χ4n) is 3.73. The second kappa shape index (κ2) is 10.0. The van der Waals surface area contributed by atoms with Gasteiger partial charge in [-0.1, -0.05) is 53.7 Å². The van der Waals surface area contributed by atoms with Gasteiger partial charge in [0.05, 0.1) is 17.8 Å². The number of ether oxygens (including phenoxy) is 1. The summed E-state index contributed by atoms with van der Waals surface area (Å²) in [6.45, 7) is 3.61. The minimum Gasteiger partial charge on any atom is -0.385 e. The highest BCUT2D eigenvalue weighted by Gasteiger charge is 2.28. The number of anilines is 1. The first-order chi connectivity index (χ1) is 15.6. The van der Waals surface area contributed by atoms with Crippen molar-refractivity contribution in [2.75, 3.05) is 25.2 Å². The monoisotopic (exact) mass is 446 g/mol. The number of methoxy groups -OCH3 is 1. The number of nitrogens with one attached hydrogen (secondary N) is 1. The van der Waals surface area contributed by atoms with Crippen LogP contribution >= 0.6 is 11.8 Å². The maximum absolute atomic E-state index is 13.6. The Balaban J connectivity index is 1.71. The highest BCUT2D eigenvalue weighted by atomic mass is 32.2. The van der Waals surface area contributed by atoms with Gasteiger partial charge >= 0.3 is 0 Å². The molecule has 2 amide bonds. The molecule has 0 radical (unpaired) electrons. The molecule has 0 aliphatic carbocycles. The zero-order valence-corrected chi connectivity index (χ0v) is 19.1. The molecule has 0 bridgehead atoms. The lowest BCUT2D eigenvalue weighted by Gasteiger charge is -2.24. The molecule has 0 fully saturated rings. The van der Waals surface area contributed by atoms with E-state index in [0.717, 1.165) is 33.0 Å². The average molecular weight is 447 g/mol. The van der Waals surface area contributed by atoms with Crippen molar-refractivity contribution in [2.24, 2.45) is 0 Å². The number of carbonyl (C=O) groups is 2. The van der Waals surface area contributed by atoms with Crippen LogP contribution in [0.25, 0.3) is 0 Å². The molecule has 5 nitrogen and oxygen atoms in total. The van der Waals surface area contributed by atoms with E-state index in [1.54, 1.807) is 23.8 Å². The Morgan fingerprint density at radius 1 is 1.03 bits per heavy atom. The third kappa shape index (κ3) is 4.87. The molecule has 0 saturated carbocycles. The lowest BCUT2D eigenvalue weighted by atomic mass is 10.1. The van der Waals surface area contributed by atoms with E-state index in [1.807, 2.05) is 67.6 Å². The summed E-state index contributed by atoms with van der Waals surface area (Å²) in [6, 6.07) is 21.4. The minimum absolute atomic E-state index is 0.0639. The Morgan fingerprint density at radius 3 is 2.69 bits per heavy atom. The highest BCUT2D eigenvalue weighted by molar-refractivity contribution is 7.99. The SMILES string of the molecule is COCCCNC(=O)c1ccc2c(c1)N(Cc1cccc(C)c1)C(=O)c1ccccc1S2. The van der Waals surface area contributed by atoms with Crippen LogP contribution in [0.5, 0.6) is 0 Å². The van der Waals surface area contributed by atoms with Crippen molar-refractivity contribution in [1.82, 2.24) is 5.32 Å². The molecule has 0 unspecified atom stereocenters. The molecule has 1 aliphatic heterocycles. The van der Waals surface area contributed by atoms with Crippen LogP contribution in [0, 0.1) is 6.92 Å². The number of aryl methyl sites for hydroxylation is 1. The third-order valence-electron chi connectivity index (χ3n) is 5.33. The smallest absolute Gasteiger partial charge is 0.259 e. The number of hydrogen-bond donors (Lipinski definition) is 1. The van der Waals surface area contributed by atoms with E-state index >= 15 is 0 Å². The molecule has 4 rings (SSSR count). The van der Waals surface area contributed by atoms with E-state index in [1.165, 1.54) is 0 Å². The van der Waals surface area contributed by atoms with Crippen LogP contribution in [0.15, 0.2) is 76.5 Å². The van der Waals surface area contributed by atoms with E-state index in [2.05, 4.69) is 11.4 Å². The molecular weight excluding hydrogens is 420 g/mol. The Morgan fingerprint density at radius 2 is 1.88 bits per heavy atom. The second-order valence-corrected chi connectivity index (χ2v) is 8.85. The van der Waals surface area contributed by atoms with Crippen molar-refractivity contribution in [1.29, 1.82) is 0 Å². The molecule has 0 atom stereocenters. The van der Waals surface area contributed by atoms with Gasteiger partial charge < -0.3 is 15.0 Å². The van der Waals surface area contributed by atoms with E-state index in [-0.39, 0.29) is 11.8 Å². The molecule has 3 aromatic rings. The molecule has 3 aromatic carbocycles. The van der Waals surface area contributed by atoms with Gasteiger partial charge in [-0.15, -0.1) is 0 Å². The van der Waals surface area contributed by atoms with Crippen LogP contribution in [0.4, 0.5) is 5.69 Å².